The number of phenols is 1. The van der Waals surface area contributed by atoms with E-state index < -0.39 is 0 Å². The van der Waals surface area contributed by atoms with Crippen LogP contribution in [0.2, 0.25) is 0 Å². The van der Waals surface area contributed by atoms with E-state index in [0.717, 1.165) is 5.56 Å². The number of rotatable bonds is 5. The molecular formula is C20H18N2O3. The van der Waals surface area contributed by atoms with Crippen LogP contribution in [0, 0.1) is 6.92 Å². The standard InChI is InChI=1S/C20H18N2O3/c1-15-18(10-5-11-19(15)23)22(25-17-8-3-2-4-9-17)20(24)13-16-7-6-12-21-14-16/h2-12,14,23H,13H2,1H3. The lowest BCUT2D eigenvalue weighted by Gasteiger charge is -2.24. The number of nitrogens with zero attached hydrogens (tertiary/aromatic N) is 2. The third kappa shape index (κ3) is 3.95. The molecule has 25 heavy (non-hydrogen) atoms. The molecule has 3 rings (SSSR count). The average Bonchev–Trinajstić information content (AvgIpc) is 2.64. The Balaban J connectivity index is 1.93. The monoisotopic (exact) mass is 334 g/mol. The highest BCUT2D eigenvalue weighted by Crippen LogP contribution is 2.29. The molecule has 1 amide bonds. The van der Waals surface area contributed by atoms with Crippen molar-refractivity contribution in [2.75, 3.05) is 5.06 Å². The van der Waals surface area contributed by atoms with E-state index in [-0.39, 0.29) is 18.1 Å². The lowest BCUT2D eigenvalue weighted by Crippen LogP contribution is -2.36. The van der Waals surface area contributed by atoms with E-state index in [4.69, 9.17) is 4.84 Å². The smallest absolute Gasteiger partial charge is 0.264 e. The van der Waals surface area contributed by atoms with Crippen LogP contribution < -0.4 is 9.90 Å². The predicted molar refractivity (Wildman–Crippen MR) is 95.3 cm³/mol. The maximum atomic E-state index is 12.9. The molecule has 0 aliphatic carbocycles. The molecule has 0 fully saturated rings. The van der Waals surface area contributed by atoms with Gasteiger partial charge in [0.15, 0.2) is 5.75 Å². The zero-order valence-corrected chi connectivity index (χ0v) is 13.8. The van der Waals surface area contributed by atoms with Gasteiger partial charge in [-0.3, -0.25) is 9.78 Å². The van der Waals surface area contributed by atoms with Crippen molar-refractivity contribution in [3.05, 3.63) is 84.2 Å². The Morgan fingerprint density at radius 2 is 1.88 bits per heavy atom. The van der Waals surface area contributed by atoms with Crippen LogP contribution in [0.1, 0.15) is 11.1 Å². The van der Waals surface area contributed by atoms with Gasteiger partial charge < -0.3 is 9.94 Å². The van der Waals surface area contributed by atoms with Gasteiger partial charge in [0.25, 0.3) is 5.91 Å². The first-order valence-electron chi connectivity index (χ1n) is 7.88. The number of amides is 1. The van der Waals surface area contributed by atoms with Crippen molar-refractivity contribution in [1.29, 1.82) is 0 Å². The summed E-state index contributed by atoms with van der Waals surface area (Å²) in [6.45, 7) is 1.74. The summed E-state index contributed by atoms with van der Waals surface area (Å²) >= 11 is 0. The number of carbonyl (C=O) groups is 1. The van der Waals surface area contributed by atoms with Gasteiger partial charge in [-0.05, 0) is 42.8 Å². The number of anilines is 1. The normalized spacial score (nSPS) is 10.3. The van der Waals surface area contributed by atoms with Crippen molar-refractivity contribution < 1.29 is 14.7 Å². The first kappa shape index (κ1) is 16.5. The summed E-state index contributed by atoms with van der Waals surface area (Å²) in [5.74, 6) is 0.378. The molecule has 0 spiro atoms. The first-order valence-corrected chi connectivity index (χ1v) is 7.88. The van der Waals surface area contributed by atoms with Crippen molar-refractivity contribution in [3.63, 3.8) is 0 Å². The number of phenolic OH excluding ortho intramolecular Hbond substituents is 1. The molecule has 0 unspecified atom stereocenters. The third-order valence-electron chi connectivity index (χ3n) is 3.74. The number of aromatic hydroxyl groups is 1. The van der Waals surface area contributed by atoms with E-state index in [1.165, 1.54) is 5.06 Å². The molecular weight excluding hydrogens is 316 g/mol. The highest BCUT2D eigenvalue weighted by molar-refractivity contribution is 5.94. The minimum absolute atomic E-state index is 0.105. The Kier molecular flexibility index (Phi) is 4.95. The summed E-state index contributed by atoms with van der Waals surface area (Å²) in [6.07, 6.45) is 3.44. The summed E-state index contributed by atoms with van der Waals surface area (Å²) in [6, 6.07) is 17.7. The Labute approximate surface area is 146 Å². The second-order valence-corrected chi connectivity index (χ2v) is 5.55. The third-order valence-corrected chi connectivity index (χ3v) is 3.74. The molecule has 1 heterocycles. The number of benzene rings is 2. The molecule has 0 saturated carbocycles. The molecule has 0 aliphatic heterocycles. The van der Waals surface area contributed by atoms with Gasteiger partial charge in [-0.1, -0.05) is 30.3 Å². The highest BCUT2D eigenvalue weighted by atomic mass is 16.7. The summed E-state index contributed by atoms with van der Waals surface area (Å²) in [7, 11) is 0. The van der Waals surface area contributed by atoms with Gasteiger partial charge in [0.05, 0.1) is 12.1 Å². The van der Waals surface area contributed by atoms with Gasteiger partial charge in [-0.25, -0.2) is 0 Å². The molecule has 2 aromatic carbocycles. The van der Waals surface area contributed by atoms with Gasteiger partial charge >= 0.3 is 0 Å². The Bertz CT molecular complexity index is 851. The molecule has 5 heteroatoms. The number of aromatic nitrogens is 1. The van der Waals surface area contributed by atoms with Crippen LogP contribution in [-0.2, 0) is 11.2 Å². The second-order valence-electron chi connectivity index (χ2n) is 5.55. The summed E-state index contributed by atoms with van der Waals surface area (Å²) < 4.78 is 0. The topological polar surface area (TPSA) is 62.7 Å². The number of para-hydroxylation sites is 1. The molecule has 0 radical (unpaired) electrons. The Hall–Kier alpha value is -3.34. The maximum Gasteiger partial charge on any atom is 0.264 e. The fraction of sp³-hybridized carbons (Fsp3) is 0.100. The van der Waals surface area contributed by atoms with Crippen molar-refractivity contribution >= 4 is 11.6 Å². The molecule has 3 aromatic rings. The van der Waals surface area contributed by atoms with Crippen molar-refractivity contribution in [3.8, 4) is 11.5 Å². The molecule has 5 nitrogen and oxygen atoms in total. The molecule has 0 atom stereocenters. The minimum Gasteiger partial charge on any atom is -0.508 e. The highest BCUT2D eigenvalue weighted by Gasteiger charge is 2.21. The maximum absolute atomic E-state index is 12.9. The molecule has 0 bridgehead atoms. The van der Waals surface area contributed by atoms with E-state index in [9.17, 15) is 9.90 Å². The number of hydrogen-bond acceptors (Lipinski definition) is 4. The predicted octanol–water partition coefficient (Wildman–Crippen LogP) is 3.67. The summed E-state index contributed by atoms with van der Waals surface area (Å²) in [5.41, 5.74) is 1.85. The molecule has 126 valence electrons. The number of carbonyl (C=O) groups excluding carboxylic acids is 1. The van der Waals surface area contributed by atoms with E-state index in [1.54, 1.807) is 55.7 Å². The fourth-order valence-corrected chi connectivity index (χ4v) is 2.40. The Morgan fingerprint density at radius 3 is 2.60 bits per heavy atom. The number of hydrogen-bond donors (Lipinski definition) is 1. The van der Waals surface area contributed by atoms with Crippen LogP contribution in [0.15, 0.2) is 73.1 Å². The van der Waals surface area contributed by atoms with Crippen molar-refractivity contribution in [2.45, 2.75) is 13.3 Å². The minimum atomic E-state index is -0.259. The summed E-state index contributed by atoms with van der Waals surface area (Å²) in [4.78, 5) is 22.7. The van der Waals surface area contributed by atoms with Gasteiger partial charge in [-0.15, -0.1) is 5.06 Å². The van der Waals surface area contributed by atoms with Crippen LogP contribution in [0.5, 0.6) is 11.5 Å². The first-order chi connectivity index (χ1) is 12.1. The zero-order chi connectivity index (χ0) is 17.6. The average molecular weight is 334 g/mol. The molecule has 1 N–H and O–H groups in total. The van der Waals surface area contributed by atoms with Crippen LogP contribution in [0.25, 0.3) is 0 Å². The van der Waals surface area contributed by atoms with Gasteiger partial charge in [0.2, 0.25) is 0 Å². The van der Waals surface area contributed by atoms with E-state index >= 15 is 0 Å². The van der Waals surface area contributed by atoms with E-state index in [1.807, 2.05) is 24.3 Å². The van der Waals surface area contributed by atoms with Gasteiger partial charge in [-0.2, -0.15) is 0 Å². The van der Waals surface area contributed by atoms with Crippen molar-refractivity contribution in [1.82, 2.24) is 4.98 Å². The quantitative estimate of drug-likeness (QED) is 0.723. The zero-order valence-electron chi connectivity index (χ0n) is 13.8. The van der Waals surface area contributed by atoms with Gasteiger partial charge in [0.1, 0.15) is 5.75 Å². The fourth-order valence-electron chi connectivity index (χ4n) is 2.40. The largest absolute Gasteiger partial charge is 0.508 e. The Morgan fingerprint density at radius 1 is 1.08 bits per heavy atom. The van der Waals surface area contributed by atoms with Gasteiger partial charge in [0, 0.05) is 18.0 Å². The molecule has 0 aliphatic rings. The van der Waals surface area contributed by atoms with Crippen molar-refractivity contribution in [2.24, 2.45) is 0 Å². The SMILES string of the molecule is Cc1c(O)cccc1N(Oc1ccccc1)C(=O)Cc1cccnc1. The van der Waals surface area contributed by atoms with Crippen LogP contribution in [0.4, 0.5) is 5.69 Å². The van der Waals surface area contributed by atoms with Crippen LogP contribution in [-0.4, -0.2) is 16.0 Å². The van der Waals surface area contributed by atoms with E-state index in [0.29, 0.717) is 17.0 Å². The van der Waals surface area contributed by atoms with Crippen LogP contribution >= 0.6 is 0 Å². The lowest BCUT2D eigenvalue weighted by atomic mass is 10.1. The second kappa shape index (κ2) is 7.49. The molecule has 0 saturated heterocycles. The summed E-state index contributed by atoms with van der Waals surface area (Å²) in [5, 5.41) is 11.2. The molecule has 1 aromatic heterocycles. The number of pyridine rings is 1. The number of hydroxylamine groups is 1. The van der Waals surface area contributed by atoms with Crippen LogP contribution in [0.3, 0.4) is 0 Å². The van der Waals surface area contributed by atoms with E-state index in [2.05, 4.69) is 4.98 Å². The lowest BCUT2D eigenvalue weighted by molar-refractivity contribution is -0.122.